The molecule has 0 aromatic rings. The molecule has 1 amide bonds. The van der Waals surface area contributed by atoms with Gasteiger partial charge in [-0.05, 0) is 44.9 Å². The van der Waals surface area contributed by atoms with Crippen molar-refractivity contribution in [3.8, 4) is 0 Å². The highest BCUT2D eigenvalue weighted by Crippen LogP contribution is 2.18. The smallest absolute Gasteiger partial charge is 0.220 e. The topological polar surface area (TPSA) is 69.6 Å². The Labute approximate surface area is 414 Å². The van der Waals surface area contributed by atoms with Gasteiger partial charge >= 0.3 is 0 Å². The maximum absolute atomic E-state index is 12.5. The molecule has 0 aliphatic carbocycles. The summed E-state index contributed by atoms with van der Waals surface area (Å²) in [6.45, 7) is 4.34. The minimum Gasteiger partial charge on any atom is -0.394 e. The molecule has 0 aromatic carbocycles. The summed E-state index contributed by atoms with van der Waals surface area (Å²) in [6, 6.07) is -0.644. The van der Waals surface area contributed by atoms with E-state index in [2.05, 4.69) is 43.5 Å². The molecule has 0 fully saturated rings. The number of nitrogens with one attached hydrogen (secondary N) is 1. The highest BCUT2D eigenvalue weighted by molar-refractivity contribution is 5.76. The standard InChI is InChI=1S/C62H119NO3/c1-3-5-7-9-11-13-15-17-19-21-23-25-27-28-29-30-31-32-33-34-36-37-39-41-43-45-47-49-51-53-55-57-61(65)60(59-64)63-62(66)58-56-54-52-50-48-46-44-42-40-38-35-26-24-22-20-18-16-14-12-10-8-6-4-2/h39,41,47,49,55,57,60-61,64-65H,3-38,40,42-46,48,50-54,56,58-59H2,1-2H3,(H,63,66)/b41-39+,49-47+,57-55+. The monoisotopic (exact) mass is 926 g/mol. The normalized spacial score (nSPS) is 13.0. The highest BCUT2D eigenvalue weighted by Gasteiger charge is 2.18. The summed E-state index contributed by atoms with van der Waals surface area (Å²) in [4.78, 5) is 12.5. The lowest BCUT2D eigenvalue weighted by molar-refractivity contribution is -0.123. The number of aliphatic hydroxyl groups is 2. The van der Waals surface area contributed by atoms with Gasteiger partial charge in [-0.15, -0.1) is 0 Å². The first-order valence-corrected chi connectivity index (χ1v) is 30.2. The molecule has 0 heterocycles. The first-order valence-electron chi connectivity index (χ1n) is 30.2. The average Bonchev–Trinajstić information content (AvgIpc) is 3.32. The summed E-state index contributed by atoms with van der Waals surface area (Å²) in [5, 5.41) is 23.2. The fourth-order valence-corrected chi connectivity index (χ4v) is 9.51. The maximum Gasteiger partial charge on any atom is 0.220 e. The number of carbonyl (C=O) groups excluding carboxylic acids is 1. The number of hydrogen-bond acceptors (Lipinski definition) is 3. The van der Waals surface area contributed by atoms with Gasteiger partial charge < -0.3 is 15.5 Å². The third kappa shape index (κ3) is 53.6. The second-order valence-electron chi connectivity index (χ2n) is 20.8. The van der Waals surface area contributed by atoms with Crippen LogP contribution in [0.5, 0.6) is 0 Å². The quantitative estimate of drug-likeness (QED) is 0.0420. The highest BCUT2D eigenvalue weighted by atomic mass is 16.3. The van der Waals surface area contributed by atoms with Crippen molar-refractivity contribution in [3.05, 3.63) is 36.5 Å². The summed E-state index contributed by atoms with van der Waals surface area (Å²) in [5.41, 5.74) is 0. The molecule has 66 heavy (non-hydrogen) atoms. The van der Waals surface area contributed by atoms with E-state index in [-0.39, 0.29) is 12.5 Å². The van der Waals surface area contributed by atoms with Gasteiger partial charge in [0.2, 0.25) is 5.91 Å². The van der Waals surface area contributed by atoms with Crippen LogP contribution in [0.3, 0.4) is 0 Å². The molecule has 2 unspecified atom stereocenters. The van der Waals surface area contributed by atoms with E-state index in [9.17, 15) is 15.0 Å². The molecule has 0 saturated heterocycles. The predicted molar refractivity (Wildman–Crippen MR) is 295 cm³/mol. The van der Waals surface area contributed by atoms with Gasteiger partial charge in [0.25, 0.3) is 0 Å². The van der Waals surface area contributed by atoms with Crippen LogP contribution in [-0.2, 0) is 4.79 Å². The van der Waals surface area contributed by atoms with Gasteiger partial charge in [-0.1, -0.05) is 320 Å². The Morgan fingerprint density at radius 2 is 0.591 bits per heavy atom. The number of carbonyl (C=O) groups is 1. The van der Waals surface area contributed by atoms with Crippen molar-refractivity contribution in [2.75, 3.05) is 6.61 Å². The molecule has 0 aliphatic rings. The van der Waals surface area contributed by atoms with Crippen molar-refractivity contribution < 1.29 is 15.0 Å². The van der Waals surface area contributed by atoms with Gasteiger partial charge in [-0.2, -0.15) is 0 Å². The van der Waals surface area contributed by atoms with Crippen molar-refractivity contribution in [1.82, 2.24) is 5.32 Å². The van der Waals surface area contributed by atoms with Crippen LogP contribution < -0.4 is 5.32 Å². The van der Waals surface area contributed by atoms with Crippen LogP contribution in [0.25, 0.3) is 0 Å². The van der Waals surface area contributed by atoms with Gasteiger partial charge in [0.05, 0.1) is 18.8 Å². The van der Waals surface area contributed by atoms with Crippen LogP contribution in [0.2, 0.25) is 0 Å². The molecule has 0 bridgehead atoms. The van der Waals surface area contributed by atoms with Gasteiger partial charge in [-0.25, -0.2) is 0 Å². The first kappa shape index (κ1) is 64.6. The summed E-state index contributed by atoms with van der Waals surface area (Å²) >= 11 is 0. The molecule has 4 heteroatoms. The van der Waals surface area contributed by atoms with E-state index >= 15 is 0 Å². The van der Waals surface area contributed by atoms with E-state index in [1.165, 1.54) is 276 Å². The second-order valence-corrected chi connectivity index (χ2v) is 20.8. The number of allylic oxidation sites excluding steroid dienone is 5. The van der Waals surface area contributed by atoms with E-state index in [0.717, 1.165) is 38.5 Å². The van der Waals surface area contributed by atoms with Crippen molar-refractivity contribution in [1.29, 1.82) is 0 Å². The molecule has 0 aliphatic heterocycles. The van der Waals surface area contributed by atoms with Gasteiger partial charge in [0.15, 0.2) is 0 Å². The van der Waals surface area contributed by atoms with Crippen LogP contribution in [0.1, 0.15) is 335 Å². The predicted octanol–water partition coefficient (Wildman–Crippen LogP) is 20.0. The Bertz CT molecular complexity index is 1010. The fraction of sp³-hybridized carbons (Fsp3) is 0.887. The Morgan fingerprint density at radius 3 is 0.879 bits per heavy atom. The Hall–Kier alpha value is -1.39. The fourth-order valence-electron chi connectivity index (χ4n) is 9.51. The molecule has 0 spiro atoms. The lowest BCUT2D eigenvalue weighted by Crippen LogP contribution is -2.45. The molecule has 4 nitrogen and oxygen atoms in total. The van der Waals surface area contributed by atoms with E-state index in [1.807, 2.05) is 6.08 Å². The number of amides is 1. The zero-order chi connectivity index (χ0) is 47.7. The molecular formula is C62H119NO3. The summed E-state index contributed by atoms with van der Waals surface area (Å²) in [7, 11) is 0. The minimum atomic E-state index is -0.869. The van der Waals surface area contributed by atoms with Crippen LogP contribution >= 0.6 is 0 Å². The van der Waals surface area contributed by atoms with E-state index in [4.69, 9.17) is 0 Å². The number of rotatable bonds is 56. The van der Waals surface area contributed by atoms with E-state index in [0.29, 0.717) is 6.42 Å². The van der Waals surface area contributed by atoms with Crippen LogP contribution in [0.4, 0.5) is 0 Å². The lowest BCUT2D eigenvalue weighted by atomic mass is 10.0. The average molecular weight is 927 g/mol. The third-order valence-electron chi connectivity index (χ3n) is 14.1. The van der Waals surface area contributed by atoms with Crippen LogP contribution in [0, 0.1) is 0 Å². The summed E-state index contributed by atoms with van der Waals surface area (Å²) in [6.07, 6.45) is 79.1. The van der Waals surface area contributed by atoms with Crippen molar-refractivity contribution in [2.24, 2.45) is 0 Å². The number of unbranched alkanes of at least 4 members (excludes halogenated alkanes) is 45. The van der Waals surface area contributed by atoms with Crippen molar-refractivity contribution >= 4 is 5.91 Å². The van der Waals surface area contributed by atoms with Crippen LogP contribution in [0.15, 0.2) is 36.5 Å². The summed E-state index contributed by atoms with van der Waals surface area (Å²) < 4.78 is 0. The van der Waals surface area contributed by atoms with Gasteiger partial charge in [0, 0.05) is 6.42 Å². The SMILES string of the molecule is CCCCCCCCCCCCCCCCCCCCCCC/C=C/CC/C=C/CC/C=C/C(O)C(CO)NC(=O)CCCCCCCCCCCCCCCCCCCCCCCCC. The molecule has 0 saturated carbocycles. The lowest BCUT2D eigenvalue weighted by Gasteiger charge is -2.19. The minimum absolute atomic E-state index is 0.0714. The summed E-state index contributed by atoms with van der Waals surface area (Å²) in [5.74, 6) is -0.0714. The largest absolute Gasteiger partial charge is 0.394 e. The first-order chi connectivity index (χ1) is 32.7. The Morgan fingerprint density at radius 1 is 0.348 bits per heavy atom. The molecular weight excluding hydrogens is 807 g/mol. The molecule has 0 radical (unpaired) electrons. The van der Waals surface area contributed by atoms with Crippen LogP contribution in [-0.4, -0.2) is 34.9 Å². The maximum atomic E-state index is 12.5. The molecule has 0 aromatic heterocycles. The molecule has 3 N–H and O–H groups in total. The van der Waals surface area contributed by atoms with Gasteiger partial charge in [0.1, 0.15) is 0 Å². The zero-order valence-electron chi connectivity index (χ0n) is 45.0. The number of hydrogen-bond donors (Lipinski definition) is 3. The van der Waals surface area contributed by atoms with Gasteiger partial charge in [-0.3, -0.25) is 4.79 Å². The van der Waals surface area contributed by atoms with E-state index < -0.39 is 12.1 Å². The molecule has 2 atom stereocenters. The zero-order valence-corrected chi connectivity index (χ0v) is 45.0. The van der Waals surface area contributed by atoms with E-state index in [1.54, 1.807) is 6.08 Å². The Kier molecular flexibility index (Phi) is 56.7. The Balaban J connectivity index is 3.51. The van der Waals surface area contributed by atoms with Crippen molar-refractivity contribution in [2.45, 2.75) is 347 Å². The number of aliphatic hydroxyl groups excluding tert-OH is 2. The van der Waals surface area contributed by atoms with Crippen molar-refractivity contribution in [3.63, 3.8) is 0 Å². The molecule has 390 valence electrons. The second kappa shape index (κ2) is 57.9. The third-order valence-corrected chi connectivity index (χ3v) is 14.1. The molecule has 0 rings (SSSR count).